The lowest BCUT2D eigenvalue weighted by Crippen LogP contribution is -2.21. The second-order valence-electron chi connectivity index (χ2n) is 6.52. The highest BCUT2D eigenvalue weighted by molar-refractivity contribution is 5.87. The van der Waals surface area contributed by atoms with Crippen LogP contribution >= 0.6 is 0 Å². The molecule has 0 aliphatic carbocycles. The number of nitriles is 1. The molecular formula is C21H20N4O. The first-order chi connectivity index (χ1) is 12.7. The van der Waals surface area contributed by atoms with Gasteiger partial charge < -0.3 is 10.5 Å². The molecule has 0 amide bonds. The molecule has 5 heteroatoms. The van der Waals surface area contributed by atoms with Crippen molar-refractivity contribution in [2.24, 2.45) is 5.73 Å². The van der Waals surface area contributed by atoms with Gasteiger partial charge in [0.2, 0.25) is 11.8 Å². The molecule has 2 heterocycles. The zero-order valence-corrected chi connectivity index (χ0v) is 14.6. The number of aryl methyl sites for hydroxylation is 1. The van der Waals surface area contributed by atoms with Gasteiger partial charge in [-0.1, -0.05) is 55.8 Å². The van der Waals surface area contributed by atoms with Crippen molar-refractivity contribution in [2.75, 3.05) is 0 Å². The normalized spacial score (nSPS) is 16.2. The molecule has 130 valence electrons. The van der Waals surface area contributed by atoms with E-state index in [1.54, 1.807) is 0 Å². The van der Waals surface area contributed by atoms with Gasteiger partial charge in [-0.05, 0) is 29.2 Å². The van der Waals surface area contributed by atoms with Gasteiger partial charge in [-0.15, -0.1) is 5.10 Å². The SMILES string of the molecule is CCCCc1[nH]nc2c1[C@@H](c1cccc3ccccc13)C(C#N)=C(N)O2. The molecule has 1 aliphatic heterocycles. The largest absolute Gasteiger partial charge is 0.420 e. The Morgan fingerprint density at radius 2 is 2.04 bits per heavy atom. The van der Waals surface area contributed by atoms with Crippen LogP contribution in [0.25, 0.3) is 10.8 Å². The minimum absolute atomic E-state index is 0.131. The molecule has 0 spiro atoms. The molecule has 2 aromatic carbocycles. The average Bonchev–Trinajstić information content (AvgIpc) is 3.07. The van der Waals surface area contributed by atoms with Gasteiger partial charge in [0.1, 0.15) is 11.6 Å². The number of nitrogens with two attached hydrogens (primary N) is 1. The Hall–Kier alpha value is -3.26. The number of H-pyrrole nitrogens is 1. The summed E-state index contributed by atoms with van der Waals surface area (Å²) in [5.74, 6) is 0.331. The van der Waals surface area contributed by atoms with E-state index in [-0.39, 0.29) is 11.8 Å². The second-order valence-corrected chi connectivity index (χ2v) is 6.52. The lowest BCUT2D eigenvalue weighted by Gasteiger charge is -2.25. The maximum atomic E-state index is 9.80. The zero-order valence-electron chi connectivity index (χ0n) is 14.6. The van der Waals surface area contributed by atoms with Gasteiger partial charge in [-0.3, -0.25) is 5.10 Å². The molecule has 1 atom stereocenters. The van der Waals surface area contributed by atoms with Crippen LogP contribution in [-0.2, 0) is 6.42 Å². The molecule has 1 aromatic heterocycles. The van der Waals surface area contributed by atoms with E-state index >= 15 is 0 Å². The van der Waals surface area contributed by atoms with E-state index in [1.807, 2.05) is 18.2 Å². The second kappa shape index (κ2) is 6.57. The van der Waals surface area contributed by atoms with E-state index in [9.17, 15) is 5.26 Å². The Morgan fingerprint density at radius 1 is 1.23 bits per heavy atom. The van der Waals surface area contributed by atoms with Crippen molar-refractivity contribution in [1.29, 1.82) is 5.26 Å². The van der Waals surface area contributed by atoms with Crippen LogP contribution in [0.3, 0.4) is 0 Å². The number of nitrogens with one attached hydrogen (secondary N) is 1. The Morgan fingerprint density at radius 3 is 2.85 bits per heavy atom. The summed E-state index contributed by atoms with van der Waals surface area (Å²) in [7, 11) is 0. The van der Waals surface area contributed by atoms with E-state index in [0.29, 0.717) is 11.5 Å². The highest BCUT2D eigenvalue weighted by atomic mass is 16.5. The standard InChI is InChI=1S/C21H20N4O/c1-2-3-11-17-19-18(16(12-22)20(23)26-21(19)25-24-17)15-10-6-8-13-7-4-5-9-14(13)15/h4-10,18H,2-3,11,23H2,1H3,(H,24,25)/t18-/m0/s1. The lowest BCUT2D eigenvalue weighted by atomic mass is 9.81. The topological polar surface area (TPSA) is 87.7 Å². The van der Waals surface area contributed by atoms with Gasteiger partial charge in [-0.25, -0.2) is 0 Å². The number of ether oxygens (including phenoxy) is 1. The minimum atomic E-state index is -0.277. The molecule has 0 bridgehead atoms. The Labute approximate surface area is 152 Å². The number of benzene rings is 2. The van der Waals surface area contributed by atoms with Crippen molar-refractivity contribution in [1.82, 2.24) is 10.2 Å². The van der Waals surface area contributed by atoms with Crippen molar-refractivity contribution in [3.63, 3.8) is 0 Å². The highest BCUT2D eigenvalue weighted by Crippen LogP contribution is 2.44. The number of rotatable bonds is 4. The van der Waals surface area contributed by atoms with Gasteiger partial charge in [0.15, 0.2) is 0 Å². The summed E-state index contributed by atoms with van der Waals surface area (Å²) in [4.78, 5) is 0. The van der Waals surface area contributed by atoms with Crippen LogP contribution in [0.4, 0.5) is 0 Å². The summed E-state index contributed by atoms with van der Waals surface area (Å²) < 4.78 is 5.65. The van der Waals surface area contributed by atoms with Crippen LogP contribution in [0.2, 0.25) is 0 Å². The Kier molecular flexibility index (Phi) is 4.10. The van der Waals surface area contributed by atoms with Crippen LogP contribution in [0.1, 0.15) is 42.5 Å². The van der Waals surface area contributed by atoms with Gasteiger partial charge >= 0.3 is 0 Å². The van der Waals surface area contributed by atoms with E-state index < -0.39 is 0 Å². The molecule has 3 aromatic rings. The smallest absolute Gasteiger partial charge is 0.244 e. The van der Waals surface area contributed by atoms with Crippen molar-refractivity contribution in [2.45, 2.75) is 32.1 Å². The monoisotopic (exact) mass is 344 g/mol. The molecule has 5 nitrogen and oxygen atoms in total. The average molecular weight is 344 g/mol. The molecule has 0 radical (unpaired) electrons. The number of fused-ring (bicyclic) bond motifs is 2. The fourth-order valence-corrected chi connectivity index (χ4v) is 3.67. The molecule has 4 rings (SSSR count). The molecule has 0 saturated heterocycles. The molecule has 3 N–H and O–H groups in total. The Balaban J connectivity index is 1.96. The van der Waals surface area contributed by atoms with Gasteiger partial charge in [0.25, 0.3) is 0 Å². The van der Waals surface area contributed by atoms with E-state index in [2.05, 4.69) is 47.5 Å². The van der Waals surface area contributed by atoms with Crippen LogP contribution in [-0.4, -0.2) is 10.2 Å². The number of hydrogen-bond donors (Lipinski definition) is 2. The first-order valence-electron chi connectivity index (χ1n) is 8.87. The number of aromatic nitrogens is 2. The summed E-state index contributed by atoms with van der Waals surface area (Å²) in [5.41, 5.74) is 9.50. The van der Waals surface area contributed by atoms with Gasteiger partial charge in [0, 0.05) is 11.3 Å². The van der Waals surface area contributed by atoms with E-state index in [1.165, 1.54) is 0 Å². The number of allylic oxidation sites excluding steroid dienone is 1. The van der Waals surface area contributed by atoms with Crippen molar-refractivity contribution < 1.29 is 4.74 Å². The minimum Gasteiger partial charge on any atom is -0.420 e. The van der Waals surface area contributed by atoms with Gasteiger partial charge in [-0.2, -0.15) is 5.26 Å². The molecule has 0 unspecified atom stereocenters. The summed E-state index contributed by atoms with van der Waals surface area (Å²) in [6.07, 6.45) is 2.98. The third kappa shape index (κ3) is 2.51. The van der Waals surface area contributed by atoms with Crippen molar-refractivity contribution in [3.05, 3.63) is 70.7 Å². The molecule has 0 saturated carbocycles. The quantitative estimate of drug-likeness (QED) is 0.745. The third-order valence-electron chi connectivity index (χ3n) is 4.93. The van der Waals surface area contributed by atoms with Crippen molar-refractivity contribution >= 4 is 10.8 Å². The molecule has 1 aliphatic rings. The van der Waals surface area contributed by atoms with Crippen LogP contribution in [0, 0.1) is 11.3 Å². The highest BCUT2D eigenvalue weighted by Gasteiger charge is 2.35. The number of hydrogen-bond acceptors (Lipinski definition) is 4. The maximum absolute atomic E-state index is 9.80. The van der Waals surface area contributed by atoms with Crippen LogP contribution in [0.15, 0.2) is 53.9 Å². The van der Waals surface area contributed by atoms with E-state index in [0.717, 1.165) is 46.9 Å². The third-order valence-corrected chi connectivity index (χ3v) is 4.93. The first kappa shape index (κ1) is 16.2. The maximum Gasteiger partial charge on any atom is 0.244 e. The first-order valence-corrected chi connectivity index (χ1v) is 8.87. The number of unbranched alkanes of at least 4 members (excludes halogenated alkanes) is 1. The lowest BCUT2D eigenvalue weighted by molar-refractivity contribution is 0.379. The fourth-order valence-electron chi connectivity index (χ4n) is 3.67. The fraction of sp³-hybridized carbons (Fsp3) is 0.238. The number of nitrogens with zero attached hydrogens (tertiary/aromatic N) is 2. The molecular weight excluding hydrogens is 324 g/mol. The number of aromatic amines is 1. The predicted molar refractivity (Wildman–Crippen MR) is 100 cm³/mol. The van der Waals surface area contributed by atoms with Gasteiger partial charge in [0.05, 0.1) is 5.92 Å². The summed E-state index contributed by atoms with van der Waals surface area (Å²) in [6.45, 7) is 2.15. The molecule has 26 heavy (non-hydrogen) atoms. The van der Waals surface area contributed by atoms with Crippen molar-refractivity contribution in [3.8, 4) is 11.9 Å². The summed E-state index contributed by atoms with van der Waals surface area (Å²) in [5, 5.41) is 19.4. The van der Waals surface area contributed by atoms with Crippen LogP contribution in [0.5, 0.6) is 5.88 Å². The van der Waals surface area contributed by atoms with Crippen LogP contribution < -0.4 is 10.5 Å². The predicted octanol–water partition coefficient (Wildman–Crippen LogP) is 4.12. The van der Waals surface area contributed by atoms with E-state index in [4.69, 9.17) is 10.5 Å². The Bertz CT molecular complexity index is 1040. The molecule has 0 fully saturated rings. The summed E-state index contributed by atoms with van der Waals surface area (Å²) in [6, 6.07) is 16.6. The zero-order chi connectivity index (χ0) is 18.1. The summed E-state index contributed by atoms with van der Waals surface area (Å²) >= 11 is 0.